The van der Waals surface area contributed by atoms with Gasteiger partial charge in [-0.05, 0) is 37.1 Å². The van der Waals surface area contributed by atoms with E-state index in [1.807, 2.05) is 12.1 Å². The minimum atomic E-state index is -3.97. The molecule has 24 heavy (non-hydrogen) atoms. The van der Waals surface area contributed by atoms with Crippen LogP contribution in [0.1, 0.15) is 17.8 Å². The van der Waals surface area contributed by atoms with E-state index >= 15 is 0 Å². The molecule has 2 aromatic rings. The van der Waals surface area contributed by atoms with Crippen molar-refractivity contribution >= 4 is 26.0 Å². The number of hydrogen-bond donors (Lipinski definition) is 1. The van der Waals surface area contributed by atoms with Gasteiger partial charge in [0.05, 0.1) is 17.9 Å². The number of rotatable bonds is 4. The number of nitrogens with zero attached hydrogens (tertiary/aromatic N) is 2. The molecular formula is C14H14BrF2N3O3S. The zero-order valence-corrected chi connectivity index (χ0v) is 14.9. The fourth-order valence-corrected chi connectivity index (χ4v) is 4.38. The number of benzene rings is 1. The smallest absolute Gasteiger partial charge is 0.333 e. The number of aromatic nitrogens is 2. The average molecular weight is 422 g/mol. The van der Waals surface area contributed by atoms with E-state index in [0.717, 1.165) is 16.2 Å². The molecule has 0 unspecified atom stereocenters. The second-order valence-corrected chi connectivity index (χ2v) is 8.00. The van der Waals surface area contributed by atoms with Gasteiger partial charge >= 0.3 is 6.55 Å². The molecule has 0 aliphatic carbocycles. The first-order chi connectivity index (χ1) is 11.3. The van der Waals surface area contributed by atoms with Gasteiger partial charge < -0.3 is 4.74 Å². The molecule has 6 nitrogen and oxygen atoms in total. The molecule has 0 spiro atoms. The van der Waals surface area contributed by atoms with Crippen molar-refractivity contribution in [1.29, 1.82) is 0 Å². The highest BCUT2D eigenvalue weighted by Gasteiger charge is 2.29. The van der Waals surface area contributed by atoms with E-state index in [9.17, 15) is 17.2 Å². The van der Waals surface area contributed by atoms with Gasteiger partial charge in [-0.2, -0.15) is 13.9 Å². The Bertz CT molecular complexity index is 870. The van der Waals surface area contributed by atoms with Crippen molar-refractivity contribution in [3.05, 3.63) is 40.1 Å². The van der Waals surface area contributed by atoms with Crippen LogP contribution < -0.4 is 9.46 Å². The Hall–Kier alpha value is -1.52. The molecular weight excluding hydrogens is 408 g/mol. The summed E-state index contributed by atoms with van der Waals surface area (Å²) in [5.41, 5.74) is 0.751. The highest BCUT2D eigenvalue weighted by molar-refractivity contribution is 9.10. The van der Waals surface area contributed by atoms with Crippen molar-refractivity contribution in [2.24, 2.45) is 0 Å². The lowest BCUT2D eigenvalue weighted by Gasteiger charge is -2.26. The zero-order valence-electron chi connectivity index (χ0n) is 12.5. The van der Waals surface area contributed by atoms with Crippen LogP contribution in [-0.2, 0) is 16.4 Å². The van der Waals surface area contributed by atoms with Gasteiger partial charge in [0.15, 0.2) is 0 Å². The molecule has 0 bridgehead atoms. The number of nitrogens with one attached hydrogen (secondary N) is 1. The number of alkyl halides is 2. The van der Waals surface area contributed by atoms with Gasteiger partial charge in [-0.3, -0.25) is 0 Å². The van der Waals surface area contributed by atoms with Gasteiger partial charge in [0, 0.05) is 4.47 Å². The zero-order chi connectivity index (χ0) is 17.5. The maximum absolute atomic E-state index is 12.8. The summed E-state index contributed by atoms with van der Waals surface area (Å²) < 4.78 is 59.7. The van der Waals surface area contributed by atoms with Crippen molar-refractivity contribution in [3.8, 4) is 5.75 Å². The van der Waals surface area contributed by atoms with Gasteiger partial charge in [-0.1, -0.05) is 15.9 Å². The van der Waals surface area contributed by atoms with Crippen LogP contribution in [0.15, 0.2) is 33.8 Å². The Morgan fingerprint density at radius 3 is 2.88 bits per heavy atom. The number of fused-ring (bicyclic) bond motifs is 1. The van der Waals surface area contributed by atoms with Crippen molar-refractivity contribution in [1.82, 2.24) is 14.5 Å². The Morgan fingerprint density at radius 2 is 2.21 bits per heavy atom. The Labute approximate surface area is 146 Å². The standard InChI is InChI=1S/C14H14BrF2N3O3S/c1-8-13(6-18-20(8)14(16)17)24(21,22)19-11-5-9-4-10(15)2-3-12(9)23-7-11/h2-4,6,11,14,19H,5,7H2,1H3/t11-/m1/s1. The maximum atomic E-state index is 12.8. The molecule has 10 heteroatoms. The largest absolute Gasteiger partial charge is 0.492 e. The molecule has 3 rings (SSSR count). The first-order valence-electron chi connectivity index (χ1n) is 7.04. The molecule has 0 saturated heterocycles. The quantitative estimate of drug-likeness (QED) is 0.823. The summed E-state index contributed by atoms with van der Waals surface area (Å²) in [7, 11) is -3.97. The van der Waals surface area contributed by atoms with E-state index in [0.29, 0.717) is 16.9 Å². The van der Waals surface area contributed by atoms with Gasteiger partial charge in [-0.15, -0.1) is 0 Å². The van der Waals surface area contributed by atoms with Crippen molar-refractivity contribution in [3.63, 3.8) is 0 Å². The SMILES string of the molecule is Cc1c(S(=O)(=O)N[C@H]2COc3ccc(Br)cc3C2)cnn1C(F)F. The van der Waals surface area contributed by atoms with Crippen molar-refractivity contribution in [2.75, 3.05) is 6.61 Å². The van der Waals surface area contributed by atoms with E-state index in [-0.39, 0.29) is 17.2 Å². The minimum Gasteiger partial charge on any atom is -0.492 e. The fraction of sp³-hybridized carbons (Fsp3) is 0.357. The lowest BCUT2D eigenvalue weighted by Crippen LogP contribution is -2.42. The molecule has 2 heterocycles. The summed E-state index contributed by atoms with van der Waals surface area (Å²) in [5.74, 6) is 0.704. The molecule has 1 aromatic heterocycles. The summed E-state index contributed by atoms with van der Waals surface area (Å²) in [6, 6.07) is 5.01. The number of halogens is 3. The summed E-state index contributed by atoms with van der Waals surface area (Å²) in [6.07, 6.45) is 1.37. The number of sulfonamides is 1. The van der Waals surface area contributed by atoms with E-state index < -0.39 is 22.6 Å². The summed E-state index contributed by atoms with van der Waals surface area (Å²) in [4.78, 5) is -0.261. The Kier molecular flexibility index (Phi) is 4.63. The molecule has 1 aliphatic rings. The van der Waals surface area contributed by atoms with Crippen LogP contribution in [0.2, 0.25) is 0 Å². The average Bonchev–Trinajstić information content (AvgIpc) is 2.89. The third kappa shape index (κ3) is 3.31. The molecule has 0 amide bonds. The molecule has 130 valence electrons. The predicted molar refractivity (Wildman–Crippen MR) is 85.7 cm³/mol. The van der Waals surface area contributed by atoms with Crippen LogP contribution >= 0.6 is 15.9 Å². The fourth-order valence-electron chi connectivity index (χ4n) is 2.59. The van der Waals surface area contributed by atoms with Crippen LogP contribution in [-0.4, -0.2) is 30.8 Å². The highest BCUT2D eigenvalue weighted by Crippen LogP contribution is 2.28. The third-order valence-electron chi connectivity index (χ3n) is 3.72. The van der Waals surface area contributed by atoms with Gasteiger partial charge in [0.2, 0.25) is 10.0 Å². The van der Waals surface area contributed by atoms with Gasteiger partial charge in [-0.25, -0.2) is 17.8 Å². The van der Waals surface area contributed by atoms with Gasteiger partial charge in [0.25, 0.3) is 0 Å². The number of hydrogen-bond acceptors (Lipinski definition) is 4. The first kappa shape index (κ1) is 17.3. The molecule has 1 aromatic carbocycles. The van der Waals surface area contributed by atoms with Crippen molar-refractivity contribution < 1.29 is 21.9 Å². The minimum absolute atomic E-state index is 0.114. The van der Waals surface area contributed by atoms with Crippen LogP contribution in [0.3, 0.4) is 0 Å². The summed E-state index contributed by atoms with van der Waals surface area (Å²) in [6.45, 7) is -1.44. The second kappa shape index (κ2) is 6.41. The van der Waals surface area contributed by atoms with Crippen LogP contribution in [0.5, 0.6) is 5.75 Å². The molecule has 0 fully saturated rings. The Balaban J connectivity index is 1.81. The van der Waals surface area contributed by atoms with Crippen molar-refractivity contribution in [2.45, 2.75) is 30.8 Å². The van der Waals surface area contributed by atoms with Crippen LogP contribution in [0.25, 0.3) is 0 Å². The van der Waals surface area contributed by atoms with Crippen LogP contribution in [0.4, 0.5) is 8.78 Å². The normalized spacial score (nSPS) is 17.6. The monoisotopic (exact) mass is 421 g/mol. The van der Waals surface area contributed by atoms with E-state index in [4.69, 9.17) is 4.74 Å². The molecule has 1 aliphatic heterocycles. The highest BCUT2D eigenvalue weighted by atomic mass is 79.9. The summed E-state index contributed by atoms with van der Waals surface area (Å²) >= 11 is 3.36. The van der Waals surface area contributed by atoms with Gasteiger partial charge in [0.1, 0.15) is 17.3 Å². The summed E-state index contributed by atoms with van der Waals surface area (Å²) in [5, 5.41) is 3.43. The first-order valence-corrected chi connectivity index (χ1v) is 9.31. The Morgan fingerprint density at radius 1 is 1.46 bits per heavy atom. The second-order valence-electron chi connectivity index (χ2n) is 5.40. The van der Waals surface area contributed by atoms with E-state index in [1.54, 1.807) is 6.07 Å². The van der Waals surface area contributed by atoms with E-state index in [1.165, 1.54) is 6.92 Å². The lowest BCUT2D eigenvalue weighted by molar-refractivity contribution is 0.0541. The van der Waals surface area contributed by atoms with Crippen LogP contribution in [0, 0.1) is 6.92 Å². The molecule has 1 atom stereocenters. The third-order valence-corrected chi connectivity index (χ3v) is 5.84. The molecule has 0 saturated carbocycles. The van der Waals surface area contributed by atoms with E-state index in [2.05, 4.69) is 25.8 Å². The molecule has 0 radical (unpaired) electrons. The number of ether oxygens (including phenoxy) is 1. The maximum Gasteiger partial charge on any atom is 0.333 e. The topological polar surface area (TPSA) is 73.2 Å². The predicted octanol–water partition coefficient (Wildman–Crippen LogP) is 2.63. The lowest BCUT2D eigenvalue weighted by atomic mass is 10.0. The molecule has 1 N–H and O–H groups in total.